The summed E-state index contributed by atoms with van der Waals surface area (Å²) in [4.78, 5) is 1.000. The average molecular weight is 274 g/mol. The lowest BCUT2D eigenvalue weighted by atomic mass is 10.0. The minimum Gasteiger partial charge on any atom is -0.192 e. The topological polar surface area (TPSA) is 23.8 Å². The van der Waals surface area contributed by atoms with Gasteiger partial charge in [0.05, 0.1) is 15.5 Å². The molecule has 0 saturated heterocycles. The first kappa shape index (κ1) is 12.9. The number of thiophene rings is 1. The van der Waals surface area contributed by atoms with E-state index in [1.807, 2.05) is 35.7 Å². The summed E-state index contributed by atoms with van der Waals surface area (Å²) in [6.07, 6.45) is 0.919. The van der Waals surface area contributed by atoms with Gasteiger partial charge in [-0.25, -0.2) is 0 Å². The Morgan fingerprint density at radius 3 is 2.61 bits per heavy atom. The summed E-state index contributed by atoms with van der Waals surface area (Å²) < 4.78 is 0. The Hall–Kier alpha value is -1.56. The van der Waals surface area contributed by atoms with Gasteiger partial charge in [-0.1, -0.05) is 48.9 Å². The number of halogens is 1. The highest BCUT2D eigenvalue weighted by Gasteiger charge is 2.13. The smallest absolute Gasteiger partial charge is 0.101 e. The van der Waals surface area contributed by atoms with Gasteiger partial charge in [-0.15, -0.1) is 11.3 Å². The standard InChI is InChI=1S/C15H12ClNS/c1-2-11-8-9-18-15(11)14(16)13(10-17)12-6-4-3-5-7-12/h3-9H,2H2,1H3. The Morgan fingerprint density at radius 2 is 2.00 bits per heavy atom. The summed E-state index contributed by atoms with van der Waals surface area (Å²) in [7, 11) is 0. The molecule has 90 valence electrons. The minimum absolute atomic E-state index is 0.536. The van der Waals surface area contributed by atoms with Crippen molar-refractivity contribution in [2.45, 2.75) is 13.3 Å². The summed E-state index contributed by atoms with van der Waals surface area (Å²) in [5.74, 6) is 0. The first-order valence-corrected chi connectivity index (χ1v) is 6.95. The van der Waals surface area contributed by atoms with Crippen LogP contribution in [0.2, 0.25) is 0 Å². The summed E-state index contributed by atoms with van der Waals surface area (Å²) in [6, 6.07) is 13.8. The molecule has 1 heterocycles. The van der Waals surface area contributed by atoms with E-state index in [0.717, 1.165) is 16.9 Å². The van der Waals surface area contributed by atoms with E-state index in [1.165, 1.54) is 5.56 Å². The SMILES string of the molecule is CCc1ccsc1C(Cl)=C(C#N)c1ccccc1. The fraction of sp³-hybridized carbons (Fsp3) is 0.133. The van der Waals surface area contributed by atoms with Gasteiger partial charge in [0.2, 0.25) is 0 Å². The molecule has 18 heavy (non-hydrogen) atoms. The van der Waals surface area contributed by atoms with E-state index in [9.17, 15) is 5.26 Å². The van der Waals surface area contributed by atoms with Gasteiger partial charge in [0.25, 0.3) is 0 Å². The van der Waals surface area contributed by atoms with Gasteiger partial charge in [0.15, 0.2) is 0 Å². The van der Waals surface area contributed by atoms with Gasteiger partial charge in [-0.2, -0.15) is 5.26 Å². The Morgan fingerprint density at radius 1 is 1.28 bits per heavy atom. The van der Waals surface area contributed by atoms with Gasteiger partial charge in [0, 0.05) is 0 Å². The lowest BCUT2D eigenvalue weighted by Gasteiger charge is -2.04. The Kier molecular flexibility index (Phi) is 4.19. The fourth-order valence-corrected chi connectivity index (χ4v) is 3.11. The zero-order valence-electron chi connectivity index (χ0n) is 9.98. The summed E-state index contributed by atoms with van der Waals surface area (Å²) in [5.41, 5.74) is 2.59. The van der Waals surface area contributed by atoms with Crippen LogP contribution >= 0.6 is 22.9 Å². The lowest BCUT2D eigenvalue weighted by Crippen LogP contribution is -1.87. The van der Waals surface area contributed by atoms with Crippen LogP contribution in [-0.4, -0.2) is 0 Å². The number of hydrogen-bond donors (Lipinski definition) is 0. The fourth-order valence-electron chi connectivity index (χ4n) is 1.77. The molecule has 1 nitrogen and oxygen atoms in total. The van der Waals surface area contributed by atoms with E-state index in [4.69, 9.17) is 11.6 Å². The number of hydrogen-bond acceptors (Lipinski definition) is 2. The number of benzene rings is 1. The molecular formula is C15H12ClNS. The van der Waals surface area contributed by atoms with Crippen molar-refractivity contribution in [2.24, 2.45) is 0 Å². The second-order valence-electron chi connectivity index (χ2n) is 3.80. The van der Waals surface area contributed by atoms with Crippen molar-refractivity contribution in [1.29, 1.82) is 5.26 Å². The predicted molar refractivity (Wildman–Crippen MR) is 78.4 cm³/mol. The third-order valence-electron chi connectivity index (χ3n) is 2.72. The second-order valence-corrected chi connectivity index (χ2v) is 5.09. The van der Waals surface area contributed by atoms with Crippen molar-refractivity contribution in [1.82, 2.24) is 0 Å². The van der Waals surface area contributed by atoms with E-state index in [-0.39, 0.29) is 0 Å². The van der Waals surface area contributed by atoms with Gasteiger partial charge in [-0.05, 0) is 29.0 Å². The molecule has 0 saturated carbocycles. The Bertz CT molecular complexity index is 605. The van der Waals surface area contributed by atoms with Crippen LogP contribution in [0.1, 0.15) is 22.9 Å². The first-order valence-electron chi connectivity index (χ1n) is 5.70. The van der Waals surface area contributed by atoms with Crippen molar-refractivity contribution in [3.05, 3.63) is 57.8 Å². The molecule has 2 aromatic rings. The number of nitrogens with zero attached hydrogens (tertiary/aromatic N) is 1. The molecule has 0 atom stereocenters. The van der Waals surface area contributed by atoms with Gasteiger partial charge in [-0.3, -0.25) is 0 Å². The molecule has 0 radical (unpaired) electrons. The van der Waals surface area contributed by atoms with Crippen LogP contribution in [0.3, 0.4) is 0 Å². The van der Waals surface area contributed by atoms with Crippen LogP contribution in [-0.2, 0) is 6.42 Å². The molecule has 2 rings (SSSR count). The highest BCUT2D eigenvalue weighted by molar-refractivity contribution is 7.12. The van der Waals surface area contributed by atoms with Crippen molar-refractivity contribution in [2.75, 3.05) is 0 Å². The first-order chi connectivity index (χ1) is 8.77. The van der Waals surface area contributed by atoms with E-state index in [1.54, 1.807) is 11.3 Å². The van der Waals surface area contributed by atoms with Gasteiger partial charge >= 0.3 is 0 Å². The normalized spacial score (nSPS) is 11.8. The average Bonchev–Trinajstić information content (AvgIpc) is 2.89. The number of allylic oxidation sites excluding steroid dienone is 1. The van der Waals surface area contributed by atoms with E-state index >= 15 is 0 Å². The summed E-state index contributed by atoms with van der Waals surface area (Å²) in [5, 5.41) is 11.9. The van der Waals surface area contributed by atoms with Gasteiger partial charge < -0.3 is 0 Å². The van der Waals surface area contributed by atoms with Crippen LogP contribution in [0.25, 0.3) is 10.6 Å². The molecular weight excluding hydrogens is 262 g/mol. The van der Waals surface area contributed by atoms with Crippen LogP contribution in [0, 0.1) is 11.3 Å². The molecule has 0 amide bonds. The van der Waals surface area contributed by atoms with E-state index in [2.05, 4.69) is 19.1 Å². The van der Waals surface area contributed by atoms with Crippen LogP contribution in [0.5, 0.6) is 0 Å². The monoisotopic (exact) mass is 273 g/mol. The molecule has 0 aliphatic carbocycles. The minimum atomic E-state index is 0.536. The largest absolute Gasteiger partial charge is 0.192 e. The molecule has 0 fully saturated rings. The van der Waals surface area contributed by atoms with E-state index < -0.39 is 0 Å². The number of aryl methyl sites for hydroxylation is 1. The summed E-state index contributed by atoms with van der Waals surface area (Å²) in [6.45, 7) is 2.09. The van der Waals surface area contributed by atoms with Crippen molar-refractivity contribution in [3.8, 4) is 6.07 Å². The van der Waals surface area contributed by atoms with Gasteiger partial charge in [0.1, 0.15) is 6.07 Å². The quantitative estimate of drug-likeness (QED) is 0.727. The molecule has 1 aromatic heterocycles. The predicted octanol–water partition coefficient (Wildman–Crippen LogP) is 4.94. The third-order valence-corrected chi connectivity index (χ3v) is 4.18. The molecule has 0 N–H and O–H groups in total. The highest BCUT2D eigenvalue weighted by Crippen LogP contribution is 2.34. The Balaban J connectivity index is 2.55. The Labute approximate surface area is 116 Å². The zero-order valence-corrected chi connectivity index (χ0v) is 11.6. The maximum atomic E-state index is 9.32. The maximum absolute atomic E-state index is 9.32. The number of nitriles is 1. The third kappa shape index (κ3) is 2.48. The van der Waals surface area contributed by atoms with Crippen molar-refractivity contribution >= 4 is 33.5 Å². The van der Waals surface area contributed by atoms with Crippen LogP contribution in [0.4, 0.5) is 0 Å². The highest BCUT2D eigenvalue weighted by atomic mass is 35.5. The summed E-state index contributed by atoms with van der Waals surface area (Å²) >= 11 is 7.98. The maximum Gasteiger partial charge on any atom is 0.101 e. The van der Waals surface area contributed by atoms with Crippen molar-refractivity contribution in [3.63, 3.8) is 0 Å². The van der Waals surface area contributed by atoms with Crippen LogP contribution < -0.4 is 0 Å². The molecule has 0 aliphatic rings. The molecule has 0 spiro atoms. The lowest BCUT2D eigenvalue weighted by molar-refractivity contribution is 1.15. The number of rotatable bonds is 3. The molecule has 0 unspecified atom stereocenters. The molecule has 1 aromatic carbocycles. The van der Waals surface area contributed by atoms with E-state index in [0.29, 0.717) is 10.6 Å². The second kappa shape index (κ2) is 5.86. The van der Waals surface area contributed by atoms with Crippen molar-refractivity contribution < 1.29 is 0 Å². The molecule has 0 bridgehead atoms. The molecule has 3 heteroatoms. The molecule has 0 aliphatic heterocycles. The van der Waals surface area contributed by atoms with Crippen LogP contribution in [0.15, 0.2) is 41.8 Å². The zero-order chi connectivity index (χ0) is 13.0.